The summed E-state index contributed by atoms with van der Waals surface area (Å²) in [7, 11) is 0. The summed E-state index contributed by atoms with van der Waals surface area (Å²) < 4.78 is 1.55. The molecule has 0 spiro atoms. The molecular formula is C16H12Cl2N2OS. The molecule has 1 aromatic heterocycles. The van der Waals surface area contributed by atoms with Crippen molar-refractivity contribution < 1.29 is 0 Å². The van der Waals surface area contributed by atoms with Crippen molar-refractivity contribution in [1.82, 2.24) is 9.55 Å². The Balaban J connectivity index is 2.38. The first-order valence-corrected chi connectivity index (χ1v) is 8.46. The van der Waals surface area contributed by atoms with Crippen LogP contribution in [0, 0.1) is 0 Å². The Kier molecular flexibility index (Phi) is 4.43. The standard InChI is InChI=1S/C16H12Cl2N2OS/c1-2-22-16-19-13-6-4-3-5-11(13)15(21)20(16)14-8-7-10(17)9-12(14)18/h3-9H,2H2,1H3. The molecule has 1 heterocycles. The van der Waals surface area contributed by atoms with E-state index in [4.69, 9.17) is 23.2 Å². The van der Waals surface area contributed by atoms with Crippen LogP contribution >= 0.6 is 35.0 Å². The SMILES string of the molecule is CCSc1nc2ccccc2c(=O)n1-c1ccc(Cl)cc1Cl. The molecule has 0 atom stereocenters. The molecule has 0 amide bonds. The molecule has 2 aromatic carbocycles. The van der Waals surface area contributed by atoms with E-state index in [9.17, 15) is 4.79 Å². The van der Waals surface area contributed by atoms with Crippen LogP contribution in [0.25, 0.3) is 16.6 Å². The molecule has 3 rings (SSSR count). The van der Waals surface area contributed by atoms with Crippen LogP contribution in [0.4, 0.5) is 0 Å². The van der Waals surface area contributed by atoms with Gasteiger partial charge in [0, 0.05) is 5.02 Å². The first kappa shape index (κ1) is 15.4. The molecule has 112 valence electrons. The van der Waals surface area contributed by atoms with Gasteiger partial charge in [-0.1, -0.05) is 54.0 Å². The Morgan fingerprint density at radius 2 is 1.95 bits per heavy atom. The van der Waals surface area contributed by atoms with Crippen molar-refractivity contribution in [3.8, 4) is 5.69 Å². The van der Waals surface area contributed by atoms with Gasteiger partial charge in [-0.15, -0.1) is 0 Å². The molecule has 0 saturated heterocycles. The monoisotopic (exact) mass is 350 g/mol. The van der Waals surface area contributed by atoms with Crippen LogP contribution in [-0.2, 0) is 0 Å². The first-order valence-electron chi connectivity index (χ1n) is 6.72. The number of para-hydroxylation sites is 1. The number of hydrogen-bond donors (Lipinski definition) is 0. The Hall–Kier alpha value is -1.49. The minimum absolute atomic E-state index is 0.134. The summed E-state index contributed by atoms with van der Waals surface area (Å²) in [6, 6.07) is 12.4. The predicted molar refractivity (Wildman–Crippen MR) is 93.8 cm³/mol. The van der Waals surface area contributed by atoms with E-state index in [1.807, 2.05) is 25.1 Å². The fraction of sp³-hybridized carbons (Fsp3) is 0.125. The molecule has 22 heavy (non-hydrogen) atoms. The highest BCUT2D eigenvalue weighted by molar-refractivity contribution is 7.99. The second-order valence-corrected chi connectivity index (χ2v) is 6.66. The van der Waals surface area contributed by atoms with Crippen molar-refractivity contribution in [2.75, 3.05) is 5.75 Å². The molecule has 0 aliphatic carbocycles. The topological polar surface area (TPSA) is 34.9 Å². The Labute approximate surface area is 141 Å². The van der Waals surface area contributed by atoms with Crippen molar-refractivity contribution in [3.63, 3.8) is 0 Å². The van der Waals surface area contributed by atoms with Crippen molar-refractivity contribution in [2.24, 2.45) is 0 Å². The maximum Gasteiger partial charge on any atom is 0.266 e. The lowest BCUT2D eigenvalue weighted by atomic mass is 10.2. The fourth-order valence-corrected chi connectivity index (χ4v) is 3.44. The van der Waals surface area contributed by atoms with Crippen molar-refractivity contribution in [1.29, 1.82) is 0 Å². The van der Waals surface area contributed by atoms with Crippen LogP contribution in [0.1, 0.15) is 6.92 Å². The molecule has 0 bridgehead atoms. The molecule has 0 radical (unpaired) electrons. The molecule has 0 aliphatic heterocycles. The third kappa shape index (κ3) is 2.74. The van der Waals surface area contributed by atoms with Crippen LogP contribution in [0.2, 0.25) is 10.0 Å². The number of benzene rings is 2. The third-order valence-electron chi connectivity index (χ3n) is 3.17. The van der Waals surface area contributed by atoms with E-state index in [-0.39, 0.29) is 5.56 Å². The Morgan fingerprint density at radius 1 is 1.18 bits per heavy atom. The summed E-state index contributed by atoms with van der Waals surface area (Å²) in [6.45, 7) is 2.01. The minimum atomic E-state index is -0.134. The minimum Gasteiger partial charge on any atom is -0.268 e. The second-order valence-electron chi connectivity index (χ2n) is 4.58. The van der Waals surface area contributed by atoms with E-state index in [2.05, 4.69) is 4.98 Å². The highest BCUT2D eigenvalue weighted by Gasteiger charge is 2.15. The third-order valence-corrected chi connectivity index (χ3v) is 4.53. The zero-order valence-corrected chi connectivity index (χ0v) is 14.0. The number of aromatic nitrogens is 2. The van der Waals surface area contributed by atoms with Gasteiger partial charge in [-0.2, -0.15) is 0 Å². The maximum atomic E-state index is 12.9. The zero-order valence-electron chi connectivity index (χ0n) is 11.7. The van der Waals surface area contributed by atoms with Crippen LogP contribution in [0.3, 0.4) is 0 Å². The summed E-state index contributed by atoms with van der Waals surface area (Å²) in [5.74, 6) is 0.802. The number of hydrogen-bond acceptors (Lipinski definition) is 3. The van der Waals surface area contributed by atoms with E-state index >= 15 is 0 Å². The molecule has 0 fully saturated rings. The normalized spacial score (nSPS) is 11.0. The van der Waals surface area contributed by atoms with Gasteiger partial charge in [0.05, 0.1) is 21.6 Å². The van der Waals surface area contributed by atoms with Gasteiger partial charge >= 0.3 is 0 Å². The molecule has 0 saturated carbocycles. The number of nitrogens with zero attached hydrogens (tertiary/aromatic N) is 2. The van der Waals surface area contributed by atoms with Crippen LogP contribution in [0.5, 0.6) is 0 Å². The molecule has 3 nitrogen and oxygen atoms in total. The zero-order chi connectivity index (χ0) is 15.7. The van der Waals surface area contributed by atoms with Crippen LogP contribution in [0.15, 0.2) is 52.4 Å². The van der Waals surface area contributed by atoms with Gasteiger partial charge in [0.1, 0.15) is 0 Å². The molecule has 3 aromatic rings. The van der Waals surface area contributed by atoms with Gasteiger partial charge in [-0.3, -0.25) is 9.36 Å². The second kappa shape index (κ2) is 6.32. The molecule has 6 heteroatoms. The smallest absolute Gasteiger partial charge is 0.266 e. The quantitative estimate of drug-likeness (QED) is 0.502. The predicted octanol–water partition coefficient (Wildman–Crippen LogP) is 4.80. The van der Waals surface area contributed by atoms with E-state index in [1.165, 1.54) is 11.8 Å². The summed E-state index contributed by atoms with van der Waals surface area (Å²) in [4.78, 5) is 17.5. The van der Waals surface area contributed by atoms with Gasteiger partial charge in [0.25, 0.3) is 5.56 Å². The van der Waals surface area contributed by atoms with Crippen LogP contribution in [-0.4, -0.2) is 15.3 Å². The van der Waals surface area contributed by atoms with E-state index in [1.54, 1.807) is 28.8 Å². The largest absolute Gasteiger partial charge is 0.268 e. The lowest BCUT2D eigenvalue weighted by molar-refractivity contribution is 0.820. The van der Waals surface area contributed by atoms with Crippen molar-refractivity contribution in [2.45, 2.75) is 12.1 Å². The number of halogens is 2. The van der Waals surface area contributed by atoms with Crippen LogP contribution < -0.4 is 5.56 Å². The maximum absolute atomic E-state index is 12.9. The average molecular weight is 351 g/mol. The van der Waals surface area contributed by atoms with Gasteiger partial charge in [0.2, 0.25) is 0 Å². The summed E-state index contributed by atoms with van der Waals surface area (Å²) in [5, 5.41) is 2.13. The van der Waals surface area contributed by atoms with E-state index < -0.39 is 0 Å². The first-order chi connectivity index (χ1) is 10.6. The Bertz CT molecular complexity index is 908. The van der Waals surface area contributed by atoms with Crippen molar-refractivity contribution >= 4 is 45.9 Å². The van der Waals surface area contributed by atoms with E-state index in [0.29, 0.717) is 31.8 Å². The lowest BCUT2D eigenvalue weighted by Gasteiger charge is -2.14. The highest BCUT2D eigenvalue weighted by atomic mass is 35.5. The average Bonchev–Trinajstić information content (AvgIpc) is 2.49. The van der Waals surface area contributed by atoms with Gasteiger partial charge in [0.15, 0.2) is 5.16 Å². The number of thioether (sulfide) groups is 1. The summed E-state index contributed by atoms with van der Waals surface area (Å²) >= 11 is 13.7. The molecule has 0 aliphatic rings. The highest BCUT2D eigenvalue weighted by Crippen LogP contribution is 2.27. The number of fused-ring (bicyclic) bond motifs is 1. The van der Waals surface area contributed by atoms with Gasteiger partial charge in [-0.05, 0) is 36.1 Å². The molecular weight excluding hydrogens is 339 g/mol. The summed E-state index contributed by atoms with van der Waals surface area (Å²) in [5.41, 5.74) is 1.14. The van der Waals surface area contributed by atoms with Gasteiger partial charge in [-0.25, -0.2) is 4.98 Å². The van der Waals surface area contributed by atoms with Crippen molar-refractivity contribution in [3.05, 3.63) is 62.9 Å². The number of rotatable bonds is 3. The molecule has 0 N–H and O–H groups in total. The molecule has 0 unspecified atom stereocenters. The Morgan fingerprint density at radius 3 is 2.68 bits per heavy atom. The van der Waals surface area contributed by atoms with Gasteiger partial charge < -0.3 is 0 Å². The van der Waals surface area contributed by atoms with E-state index in [0.717, 1.165) is 5.75 Å². The fourth-order valence-electron chi connectivity index (χ4n) is 2.21. The lowest BCUT2D eigenvalue weighted by Crippen LogP contribution is -2.22. The summed E-state index contributed by atoms with van der Waals surface area (Å²) in [6.07, 6.45) is 0.